The highest BCUT2D eigenvalue weighted by molar-refractivity contribution is 4.82. The molecular formula is C17H32O4. The molecule has 4 nitrogen and oxygen atoms in total. The van der Waals surface area contributed by atoms with E-state index in [1.54, 1.807) is 0 Å². The van der Waals surface area contributed by atoms with Gasteiger partial charge in [-0.1, -0.05) is 32.6 Å². The first-order chi connectivity index (χ1) is 10.2. The van der Waals surface area contributed by atoms with Crippen molar-refractivity contribution < 1.29 is 19.7 Å². The van der Waals surface area contributed by atoms with E-state index in [4.69, 9.17) is 9.47 Å². The van der Waals surface area contributed by atoms with Crippen LogP contribution in [-0.4, -0.2) is 35.5 Å². The van der Waals surface area contributed by atoms with Crippen LogP contribution in [0, 0.1) is 11.8 Å². The minimum absolute atomic E-state index is 0.347. The fourth-order valence-electron chi connectivity index (χ4n) is 4.04. The van der Waals surface area contributed by atoms with Gasteiger partial charge in [-0.3, -0.25) is 0 Å². The van der Waals surface area contributed by atoms with Crippen LogP contribution >= 0.6 is 0 Å². The second kappa shape index (κ2) is 8.47. The Morgan fingerprint density at radius 3 is 2.43 bits per heavy atom. The van der Waals surface area contributed by atoms with Crippen molar-refractivity contribution in [3.63, 3.8) is 0 Å². The molecule has 0 spiro atoms. The smallest absolute Gasteiger partial charge is 0.168 e. The van der Waals surface area contributed by atoms with E-state index in [2.05, 4.69) is 6.92 Å². The fraction of sp³-hybridized carbons (Fsp3) is 1.00. The molecule has 2 aliphatic rings. The molecule has 1 aliphatic heterocycles. The molecule has 0 bridgehead atoms. The van der Waals surface area contributed by atoms with Crippen LogP contribution in [0.5, 0.6) is 0 Å². The highest BCUT2D eigenvalue weighted by Crippen LogP contribution is 2.41. The van der Waals surface area contributed by atoms with Gasteiger partial charge in [-0.05, 0) is 31.1 Å². The van der Waals surface area contributed by atoms with E-state index < -0.39 is 6.29 Å². The van der Waals surface area contributed by atoms with Crippen molar-refractivity contribution >= 4 is 0 Å². The number of unbranched alkanes of at least 4 members (excludes halogenated alkanes) is 2. The van der Waals surface area contributed by atoms with E-state index in [9.17, 15) is 10.2 Å². The molecule has 1 saturated carbocycles. The lowest BCUT2D eigenvalue weighted by molar-refractivity contribution is -0.170. The Labute approximate surface area is 128 Å². The fourth-order valence-corrected chi connectivity index (χ4v) is 4.04. The molecule has 1 heterocycles. The van der Waals surface area contributed by atoms with Gasteiger partial charge in [-0.15, -0.1) is 0 Å². The van der Waals surface area contributed by atoms with E-state index >= 15 is 0 Å². The lowest BCUT2D eigenvalue weighted by atomic mass is 9.86. The SMILES string of the molecule is CCCCCC1(CC[C@H]2CCCC2CC(O)O)OCCO1. The largest absolute Gasteiger partial charge is 0.368 e. The highest BCUT2D eigenvalue weighted by Gasteiger charge is 2.38. The van der Waals surface area contributed by atoms with Crippen molar-refractivity contribution in [2.75, 3.05) is 13.2 Å². The summed E-state index contributed by atoms with van der Waals surface area (Å²) >= 11 is 0. The van der Waals surface area contributed by atoms with Crippen LogP contribution in [0.4, 0.5) is 0 Å². The maximum Gasteiger partial charge on any atom is 0.168 e. The van der Waals surface area contributed by atoms with Crippen LogP contribution in [0.3, 0.4) is 0 Å². The van der Waals surface area contributed by atoms with Gasteiger partial charge in [-0.25, -0.2) is 0 Å². The maximum absolute atomic E-state index is 9.21. The zero-order valence-corrected chi connectivity index (χ0v) is 13.4. The third kappa shape index (κ3) is 5.20. The molecule has 0 aromatic carbocycles. The van der Waals surface area contributed by atoms with E-state index in [0.29, 0.717) is 18.3 Å². The second-order valence-electron chi connectivity index (χ2n) is 6.77. The molecule has 4 heteroatoms. The summed E-state index contributed by atoms with van der Waals surface area (Å²) in [4.78, 5) is 0. The van der Waals surface area contributed by atoms with Gasteiger partial charge < -0.3 is 19.7 Å². The summed E-state index contributed by atoms with van der Waals surface area (Å²) in [6.45, 7) is 3.65. The molecule has 1 aliphatic carbocycles. The zero-order valence-electron chi connectivity index (χ0n) is 13.4. The molecule has 2 N–H and O–H groups in total. The minimum atomic E-state index is -1.16. The summed E-state index contributed by atoms with van der Waals surface area (Å²) in [5.74, 6) is 0.710. The summed E-state index contributed by atoms with van der Waals surface area (Å²) < 4.78 is 11.9. The Morgan fingerprint density at radius 2 is 1.76 bits per heavy atom. The van der Waals surface area contributed by atoms with E-state index in [-0.39, 0.29) is 5.79 Å². The van der Waals surface area contributed by atoms with Crippen molar-refractivity contribution in [1.29, 1.82) is 0 Å². The van der Waals surface area contributed by atoms with Crippen LogP contribution < -0.4 is 0 Å². The Kier molecular flexibility index (Phi) is 6.93. The van der Waals surface area contributed by atoms with E-state index in [1.807, 2.05) is 0 Å². The maximum atomic E-state index is 9.21. The number of ether oxygens (including phenoxy) is 2. The normalized spacial score (nSPS) is 28.6. The van der Waals surface area contributed by atoms with Crippen molar-refractivity contribution in [2.45, 2.75) is 83.2 Å². The van der Waals surface area contributed by atoms with Gasteiger partial charge in [0, 0.05) is 19.3 Å². The minimum Gasteiger partial charge on any atom is -0.368 e. The molecule has 0 aromatic heterocycles. The molecule has 0 aromatic rings. The number of aliphatic hydroxyl groups excluding tert-OH is 1. The average molecular weight is 300 g/mol. The summed E-state index contributed by atoms with van der Waals surface area (Å²) in [7, 11) is 0. The number of aliphatic hydroxyl groups is 2. The van der Waals surface area contributed by atoms with Gasteiger partial charge in [0.15, 0.2) is 12.1 Å². The van der Waals surface area contributed by atoms with Crippen molar-refractivity contribution in [3.05, 3.63) is 0 Å². The first-order valence-corrected chi connectivity index (χ1v) is 8.79. The lowest BCUT2D eigenvalue weighted by Gasteiger charge is -2.30. The molecule has 0 radical (unpaired) electrons. The van der Waals surface area contributed by atoms with Crippen LogP contribution in [-0.2, 0) is 9.47 Å². The monoisotopic (exact) mass is 300 g/mol. The second-order valence-corrected chi connectivity index (χ2v) is 6.77. The molecule has 1 unspecified atom stereocenters. The molecule has 0 amide bonds. The lowest BCUT2D eigenvalue weighted by Crippen LogP contribution is -2.31. The van der Waals surface area contributed by atoms with Crippen LogP contribution in [0.15, 0.2) is 0 Å². The molecule has 124 valence electrons. The number of hydrogen-bond donors (Lipinski definition) is 2. The predicted molar refractivity (Wildman–Crippen MR) is 81.7 cm³/mol. The Hall–Kier alpha value is -0.160. The molecule has 1 saturated heterocycles. The zero-order chi connectivity index (χ0) is 15.1. The van der Waals surface area contributed by atoms with Gasteiger partial charge in [0.1, 0.15) is 0 Å². The summed E-state index contributed by atoms with van der Waals surface area (Å²) in [5.41, 5.74) is 0. The Morgan fingerprint density at radius 1 is 1.05 bits per heavy atom. The van der Waals surface area contributed by atoms with Crippen molar-refractivity contribution in [3.8, 4) is 0 Å². The van der Waals surface area contributed by atoms with Crippen LogP contribution in [0.25, 0.3) is 0 Å². The predicted octanol–water partition coefficient (Wildman–Crippen LogP) is 3.21. The third-order valence-electron chi connectivity index (χ3n) is 5.20. The third-order valence-corrected chi connectivity index (χ3v) is 5.20. The molecule has 21 heavy (non-hydrogen) atoms. The first-order valence-electron chi connectivity index (χ1n) is 8.79. The molecule has 2 rings (SSSR count). The Bertz CT molecular complexity index is 287. The Balaban J connectivity index is 1.80. The number of hydrogen-bond acceptors (Lipinski definition) is 4. The van der Waals surface area contributed by atoms with Crippen LogP contribution in [0.2, 0.25) is 0 Å². The first kappa shape index (κ1) is 17.2. The standard InChI is InChI=1S/C17H32O4/c1-2-3-4-9-17(20-11-12-21-17)10-8-14-6-5-7-15(14)13-16(18)19/h14-16,18-19H,2-13H2,1H3/t14-,15?/m1/s1. The molecule has 2 atom stereocenters. The van der Waals surface area contributed by atoms with Crippen molar-refractivity contribution in [1.82, 2.24) is 0 Å². The number of rotatable bonds is 9. The summed E-state index contributed by atoms with van der Waals surface area (Å²) in [6.07, 6.45) is 9.58. The average Bonchev–Trinajstić information content (AvgIpc) is 3.06. The van der Waals surface area contributed by atoms with Gasteiger partial charge in [0.05, 0.1) is 13.2 Å². The summed E-state index contributed by atoms with van der Waals surface area (Å²) in [6, 6.07) is 0. The van der Waals surface area contributed by atoms with Gasteiger partial charge in [0.25, 0.3) is 0 Å². The van der Waals surface area contributed by atoms with E-state index in [0.717, 1.165) is 38.9 Å². The molecular weight excluding hydrogens is 268 g/mol. The van der Waals surface area contributed by atoms with Gasteiger partial charge >= 0.3 is 0 Å². The van der Waals surface area contributed by atoms with Gasteiger partial charge in [-0.2, -0.15) is 0 Å². The van der Waals surface area contributed by atoms with E-state index in [1.165, 1.54) is 32.1 Å². The van der Waals surface area contributed by atoms with Gasteiger partial charge in [0.2, 0.25) is 0 Å². The van der Waals surface area contributed by atoms with Crippen molar-refractivity contribution in [2.24, 2.45) is 11.8 Å². The summed E-state index contributed by atoms with van der Waals surface area (Å²) in [5, 5.41) is 18.4. The molecule has 2 fully saturated rings. The quantitative estimate of drug-likeness (QED) is 0.507. The topological polar surface area (TPSA) is 58.9 Å². The highest BCUT2D eigenvalue weighted by atomic mass is 16.7. The van der Waals surface area contributed by atoms with Crippen LogP contribution in [0.1, 0.15) is 71.1 Å².